The molecule has 1 nitrogen and oxygen atoms in total. The van der Waals surface area contributed by atoms with Gasteiger partial charge in [0.15, 0.2) is 0 Å². The molecule has 0 saturated heterocycles. The lowest BCUT2D eigenvalue weighted by Gasteiger charge is -2.18. The molecule has 0 bridgehead atoms. The van der Waals surface area contributed by atoms with Crippen molar-refractivity contribution in [2.75, 3.05) is 13.0 Å². The van der Waals surface area contributed by atoms with E-state index in [0.29, 0.717) is 5.88 Å². The van der Waals surface area contributed by atoms with E-state index in [-0.39, 0.29) is 0 Å². The molecule has 0 fully saturated rings. The normalized spacial score (nSPS) is 10.6. The Kier molecular flexibility index (Phi) is 5.13. The van der Waals surface area contributed by atoms with Crippen LogP contribution in [0.4, 0.5) is 0 Å². The van der Waals surface area contributed by atoms with Gasteiger partial charge >= 0.3 is 0 Å². The number of ether oxygens (including phenoxy) is 1. The molecule has 0 aliphatic carbocycles. The zero-order valence-electron chi connectivity index (χ0n) is 10.3. The molecule has 0 aromatic heterocycles. The van der Waals surface area contributed by atoms with Crippen LogP contribution in [-0.4, -0.2) is 13.0 Å². The van der Waals surface area contributed by atoms with E-state index < -0.39 is 0 Å². The molecule has 1 rings (SSSR count). The molecule has 0 unspecified atom stereocenters. The summed E-state index contributed by atoms with van der Waals surface area (Å²) in [4.78, 5) is 0. The molecule has 16 heavy (non-hydrogen) atoms. The third-order valence-corrected chi connectivity index (χ3v) is 4.51. The summed E-state index contributed by atoms with van der Waals surface area (Å²) in [5, 5.41) is 0. The Labute approximate surface area is 111 Å². The van der Waals surface area contributed by atoms with Crippen LogP contribution >= 0.6 is 27.5 Å². The van der Waals surface area contributed by atoms with Crippen LogP contribution in [0, 0.1) is 20.8 Å². The van der Waals surface area contributed by atoms with Gasteiger partial charge in [-0.3, -0.25) is 0 Å². The Morgan fingerprint density at radius 1 is 1.12 bits per heavy atom. The quantitative estimate of drug-likeness (QED) is 0.741. The molecule has 1 aromatic rings. The lowest BCUT2D eigenvalue weighted by Crippen LogP contribution is -2.02. The van der Waals surface area contributed by atoms with Gasteiger partial charge < -0.3 is 4.74 Å². The zero-order valence-corrected chi connectivity index (χ0v) is 12.6. The van der Waals surface area contributed by atoms with Crippen molar-refractivity contribution in [2.45, 2.75) is 33.6 Å². The first-order valence-electron chi connectivity index (χ1n) is 5.42. The van der Waals surface area contributed by atoms with Crippen LogP contribution in [0.2, 0.25) is 0 Å². The summed E-state index contributed by atoms with van der Waals surface area (Å²) in [6.45, 7) is 6.34. The molecular weight excluding hydrogens is 287 g/mol. The second-order valence-electron chi connectivity index (χ2n) is 3.99. The number of benzene rings is 1. The third kappa shape index (κ3) is 2.54. The standard InChI is InChI=1S/C13H18BrClO/c1-8-9(2)13(16-4)11(6-5-7-15)10(3)12(8)14/h5-7H2,1-4H3. The summed E-state index contributed by atoms with van der Waals surface area (Å²) >= 11 is 9.41. The van der Waals surface area contributed by atoms with Crippen molar-refractivity contribution in [2.24, 2.45) is 0 Å². The Morgan fingerprint density at radius 3 is 2.25 bits per heavy atom. The molecule has 0 saturated carbocycles. The summed E-state index contributed by atoms with van der Waals surface area (Å²) in [7, 11) is 1.74. The lowest BCUT2D eigenvalue weighted by atomic mass is 9.96. The van der Waals surface area contributed by atoms with E-state index in [1.807, 2.05) is 0 Å². The van der Waals surface area contributed by atoms with E-state index in [0.717, 1.165) is 18.6 Å². The van der Waals surface area contributed by atoms with Crippen molar-refractivity contribution in [3.8, 4) is 5.75 Å². The number of halogens is 2. The molecule has 0 atom stereocenters. The summed E-state index contributed by atoms with van der Waals surface area (Å²) in [6.07, 6.45) is 1.95. The average molecular weight is 306 g/mol. The molecule has 0 radical (unpaired) electrons. The average Bonchev–Trinajstić information content (AvgIpc) is 2.29. The van der Waals surface area contributed by atoms with Crippen LogP contribution in [0.15, 0.2) is 4.47 Å². The van der Waals surface area contributed by atoms with Gasteiger partial charge in [-0.2, -0.15) is 0 Å². The third-order valence-electron chi connectivity index (χ3n) is 3.05. The molecule has 0 spiro atoms. The first-order valence-corrected chi connectivity index (χ1v) is 6.75. The van der Waals surface area contributed by atoms with Gasteiger partial charge in [0.25, 0.3) is 0 Å². The largest absolute Gasteiger partial charge is 0.496 e. The zero-order chi connectivity index (χ0) is 12.3. The van der Waals surface area contributed by atoms with Crippen LogP contribution in [0.1, 0.15) is 28.7 Å². The maximum Gasteiger partial charge on any atom is 0.125 e. The van der Waals surface area contributed by atoms with Crippen LogP contribution in [-0.2, 0) is 6.42 Å². The van der Waals surface area contributed by atoms with Gasteiger partial charge in [-0.25, -0.2) is 0 Å². The number of hydrogen-bond acceptors (Lipinski definition) is 1. The van der Waals surface area contributed by atoms with Crippen molar-refractivity contribution in [1.29, 1.82) is 0 Å². The molecular formula is C13H18BrClO. The summed E-state index contributed by atoms with van der Waals surface area (Å²) in [5.41, 5.74) is 5.01. The van der Waals surface area contributed by atoms with Crippen molar-refractivity contribution < 1.29 is 4.74 Å². The van der Waals surface area contributed by atoms with E-state index >= 15 is 0 Å². The van der Waals surface area contributed by atoms with Gasteiger partial charge in [-0.15, -0.1) is 11.6 Å². The van der Waals surface area contributed by atoms with E-state index in [1.54, 1.807) is 7.11 Å². The summed E-state index contributed by atoms with van der Waals surface area (Å²) in [6, 6.07) is 0. The van der Waals surface area contributed by atoms with Gasteiger partial charge in [-0.05, 0) is 55.9 Å². The fourth-order valence-corrected chi connectivity index (χ4v) is 2.64. The van der Waals surface area contributed by atoms with Crippen molar-refractivity contribution in [1.82, 2.24) is 0 Å². The van der Waals surface area contributed by atoms with Gasteiger partial charge in [0.05, 0.1) is 7.11 Å². The number of rotatable bonds is 4. The van der Waals surface area contributed by atoms with E-state index in [1.165, 1.54) is 26.7 Å². The minimum absolute atomic E-state index is 0.688. The van der Waals surface area contributed by atoms with Crippen molar-refractivity contribution >= 4 is 27.5 Å². The molecule has 1 aromatic carbocycles. The Morgan fingerprint density at radius 2 is 1.75 bits per heavy atom. The van der Waals surface area contributed by atoms with Gasteiger partial charge in [0, 0.05) is 10.4 Å². The lowest BCUT2D eigenvalue weighted by molar-refractivity contribution is 0.405. The first kappa shape index (κ1) is 13.9. The van der Waals surface area contributed by atoms with Crippen LogP contribution in [0.25, 0.3) is 0 Å². The monoisotopic (exact) mass is 304 g/mol. The minimum atomic E-state index is 0.688. The number of methoxy groups -OCH3 is 1. The molecule has 3 heteroatoms. The Hall–Kier alpha value is -0.210. The highest BCUT2D eigenvalue weighted by molar-refractivity contribution is 9.10. The van der Waals surface area contributed by atoms with Gasteiger partial charge in [0.2, 0.25) is 0 Å². The predicted octanol–water partition coefficient (Wildman–Crippen LogP) is 4.55. The fraction of sp³-hybridized carbons (Fsp3) is 0.538. The predicted molar refractivity (Wildman–Crippen MR) is 73.9 cm³/mol. The van der Waals surface area contributed by atoms with Crippen molar-refractivity contribution in [3.63, 3.8) is 0 Å². The molecule has 90 valence electrons. The SMILES string of the molecule is COc1c(C)c(C)c(Br)c(C)c1CCCCl. The summed E-state index contributed by atoms with van der Waals surface area (Å²) < 4.78 is 6.72. The molecule has 0 N–H and O–H groups in total. The molecule has 0 amide bonds. The maximum absolute atomic E-state index is 5.76. The van der Waals surface area contributed by atoms with Crippen LogP contribution in [0.5, 0.6) is 5.75 Å². The van der Waals surface area contributed by atoms with E-state index in [4.69, 9.17) is 16.3 Å². The van der Waals surface area contributed by atoms with Crippen LogP contribution < -0.4 is 4.74 Å². The molecule has 0 aliphatic rings. The second-order valence-corrected chi connectivity index (χ2v) is 5.16. The van der Waals surface area contributed by atoms with Crippen LogP contribution in [0.3, 0.4) is 0 Å². The second kappa shape index (κ2) is 5.92. The van der Waals surface area contributed by atoms with E-state index in [9.17, 15) is 0 Å². The molecule has 0 aliphatic heterocycles. The van der Waals surface area contributed by atoms with E-state index in [2.05, 4.69) is 36.7 Å². The topological polar surface area (TPSA) is 9.23 Å². The Balaban J connectivity index is 3.33. The maximum atomic E-state index is 5.76. The van der Waals surface area contributed by atoms with Gasteiger partial charge in [0.1, 0.15) is 5.75 Å². The number of hydrogen-bond donors (Lipinski definition) is 0. The summed E-state index contributed by atoms with van der Waals surface area (Å²) in [5.74, 6) is 1.70. The molecule has 0 heterocycles. The number of alkyl halides is 1. The highest BCUT2D eigenvalue weighted by Crippen LogP contribution is 2.36. The highest BCUT2D eigenvalue weighted by atomic mass is 79.9. The smallest absolute Gasteiger partial charge is 0.125 e. The fourth-order valence-electron chi connectivity index (χ4n) is 1.97. The Bertz CT molecular complexity index is 388. The highest BCUT2D eigenvalue weighted by Gasteiger charge is 2.15. The van der Waals surface area contributed by atoms with Crippen molar-refractivity contribution in [3.05, 3.63) is 26.7 Å². The minimum Gasteiger partial charge on any atom is -0.496 e. The van der Waals surface area contributed by atoms with Gasteiger partial charge in [-0.1, -0.05) is 15.9 Å². The first-order chi connectivity index (χ1) is 7.54.